The second-order valence-corrected chi connectivity index (χ2v) is 8.98. The maximum absolute atomic E-state index is 12.2. The van der Waals surface area contributed by atoms with Crippen LogP contribution in [0.4, 0.5) is 0 Å². The Balaban J connectivity index is 1.34. The normalized spacial score (nSPS) is 33.1. The molecular formula is C22H36O4. The van der Waals surface area contributed by atoms with Crippen molar-refractivity contribution in [3.05, 3.63) is 0 Å². The van der Waals surface area contributed by atoms with Crippen LogP contribution in [0.2, 0.25) is 0 Å². The molecule has 1 unspecified atom stereocenters. The van der Waals surface area contributed by atoms with Crippen LogP contribution in [0.5, 0.6) is 0 Å². The summed E-state index contributed by atoms with van der Waals surface area (Å²) in [5.74, 6) is 2.87. The molecule has 4 saturated carbocycles. The molecule has 0 radical (unpaired) electrons. The highest BCUT2D eigenvalue weighted by Gasteiger charge is 2.49. The molecule has 0 N–H and O–H groups in total. The number of rotatable bonds is 10. The van der Waals surface area contributed by atoms with Crippen molar-refractivity contribution >= 4 is 11.9 Å². The van der Waals surface area contributed by atoms with Gasteiger partial charge in [-0.2, -0.15) is 0 Å². The molecule has 0 aromatic rings. The molecule has 4 aliphatic carbocycles. The van der Waals surface area contributed by atoms with Crippen LogP contribution < -0.4 is 0 Å². The van der Waals surface area contributed by atoms with Crippen LogP contribution in [-0.4, -0.2) is 24.6 Å². The van der Waals surface area contributed by atoms with E-state index in [4.69, 9.17) is 9.47 Å². The maximum Gasteiger partial charge on any atom is 0.306 e. The van der Waals surface area contributed by atoms with E-state index in [2.05, 4.69) is 13.8 Å². The van der Waals surface area contributed by atoms with E-state index in [0.717, 1.165) is 24.7 Å². The van der Waals surface area contributed by atoms with Gasteiger partial charge < -0.3 is 9.47 Å². The molecule has 0 aliphatic heterocycles. The fraction of sp³-hybridized carbons (Fsp3) is 0.909. The summed E-state index contributed by atoms with van der Waals surface area (Å²) in [7, 11) is 0. The van der Waals surface area contributed by atoms with Crippen LogP contribution in [0.3, 0.4) is 0 Å². The predicted octanol–water partition coefficient (Wildman–Crippen LogP) is 4.89. The number of hydrogen-bond acceptors (Lipinski definition) is 4. The third-order valence-electron chi connectivity index (χ3n) is 6.96. The summed E-state index contributed by atoms with van der Waals surface area (Å²) in [4.78, 5) is 24.2. The summed E-state index contributed by atoms with van der Waals surface area (Å²) in [6.07, 6.45) is 11.3. The average molecular weight is 365 g/mol. The van der Waals surface area contributed by atoms with Gasteiger partial charge in [-0.1, -0.05) is 33.1 Å². The fourth-order valence-corrected chi connectivity index (χ4v) is 5.66. The van der Waals surface area contributed by atoms with Gasteiger partial charge in [-0.3, -0.25) is 9.59 Å². The summed E-state index contributed by atoms with van der Waals surface area (Å²) >= 11 is 0. The van der Waals surface area contributed by atoms with Gasteiger partial charge in [-0.25, -0.2) is 0 Å². The lowest BCUT2D eigenvalue weighted by atomic mass is 9.55. The van der Waals surface area contributed by atoms with Crippen LogP contribution in [0.25, 0.3) is 0 Å². The van der Waals surface area contributed by atoms with Crippen molar-refractivity contribution in [3.63, 3.8) is 0 Å². The smallest absolute Gasteiger partial charge is 0.306 e. The first kappa shape index (κ1) is 19.7. The van der Waals surface area contributed by atoms with Gasteiger partial charge in [0.05, 0.1) is 19.4 Å². The Morgan fingerprint density at radius 2 is 1.54 bits per heavy atom. The zero-order valence-corrected chi connectivity index (χ0v) is 16.6. The molecule has 0 spiro atoms. The average Bonchev–Trinajstić information content (AvgIpc) is 2.62. The third kappa shape index (κ3) is 5.01. The quantitative estimate of drug-likeness (QED) is 0.518. The Morgan fingerprint density at radius 1 is 0.923 bits per heavy atom. The summed E-state index contributed by atoms with van der Waals surface area (Å²) in [5.41, 5.74) is 0. The lowest BCUT2D eigenvalue weighted by molar-refractivity contribution is -0.172. The molecule has 1 atom stereocenters. The van der Waals surface area contributed by atoms with Gasteiger partial charge in [0.15, 0.2) is 0 Å². The second kappa shape index (κ2) is 9.23. The molecule has 26 heavy (non-hydrogen) atoms. The van der Waals surface area contributed by atoms with Crippen molar-refractivity contribution in [1.82, 2.24) is 0 Å². The number of carbonyl (C=O) groups excluding carboxylic acids is 2. The number of unbranched alkanes of at least 4 members (excludes halogenated alkanes) is 1. The standard InChI is InChI=1S/C22H36O4/c1-3-5-6-15(4-2)14-25-20(23)7-8-21(24)26-22-18-10-16-9-17(12-18)13-19(22)11-16/h15-19,22H,3-14H2,1-2H3. The summed E-state index contributed by atoms with van der Waals surface area (Å²) in [6.45, 7) is 4.80. The van der Waals surface area contributed by atoms with Crippen LogP contribution in [-0.2, 0) is 19.1 Å². The molecule has 4 fully saturated rings. The second-order valence-electron chi connectivity index (χ2n) is 8.98. The lowest BCUT2D eigenvalue weighted by Crippen LogP contribution is -2.50. The Kier molecular flexibility index (Phi) is 6.99. The zero-order chi connectivity index (χ0) is 18.5. The van der Waals surface area contributed by atoms with Crippen LogP contribution >= 0.6 is 0 Å². The topological polar surface area (TPSA) is 52.6 Å². The first-order valence-corrected chi connectivity index (χ1v) is 10.9. The van der Waals surface area contributed by atoms with E-state index in [9.17, 15) is 9.59 Å². The molecule has 4 rings (SSSR count). The van der Waals surface area contributed by atoms with E-state index in [1.165, 1.54) is 44.9 Å². The molecule has 0 aromatic heterocycles. The van der Waals surface area contributed by atoms with Gasteiger partial charge in [0.1, 0.15) is 6.10 Å². The minimum Gasteiger partial charge on any atom is -0.465 e. The van der Waals surface area contributed by atoms with Gasteiger partial charge in [0.25, 0.3) is 0 Å². The van der Waals surface area contributed by atoms with Gasteiger partial charge in [-0.05, 0) is 68.1 Å². The predicted molar refractivity (Wildman–Crippen MR) is 100 cm³/mol. The number of esters is 2. The Bertz CT molecular complexity index is 459. The summed E-state index contributed by atoms with van der Waals surface area (Å²) in [5, 5.41) is 0. The van der Waals surface area contributed by atoms with E-state index in [-0.39, 0.29) is 30.9 Å². The monoisotopic (exact) mass is 364 g/mol. The van der Waals surface area contributed by atoms with Crippen molar-refractivity contribution < 1.29 is 19.1 Å². The van der Waals surface area contributed by atoms with Gasteiger partial charge in [0, 0.05) is 0 Å². The van der Waals surface area contributed by atoms with Gasteiger partial charge >= 0.3 is 11.9 Å². The SMILES string of the molecule is CCCCC(CC)COC(=O)CCC(=O)OC1C2CC3CC(C2)CC1C3. The fourth-order valence-electron chi connectivity index (χ4n) is 5.66. The van der Waals surface area contributed by atoms with Crippen molar-refractivity contribution in [3.8, 4) is 0 Å². The van der Waals surface area contributed by atoms with Gasteiger partial charge in [-0.15, -0.1) is 0 Å². The number of ether oxygens (including phenoxy) is 2. The molecule has 0 aromatic carbocycles. The van der Waals surface area contributed by atoms with Crippen LogP contribution in [0.15, 0.2) is 0 Å². The molecule has 4 nitrogen and oxygen atoms in total. The highest BCUT2D eigenvalue weighted by Crippen LogP contribution is 2.54. The van der Waals surface area contributed by atoms with Crippen molar-refractivity contribution in [2.24, 2.45) is 29.6 Å². The zero-order valence-electron chi connectivity index (χ0n) is 16.6. The Morgan fingerprint density at radius 3 is 2.12 bits per heavy atom. The molecule has 0 heterocycles. The minimum atomic E-state index is -0.262. The molecule has 4 bridgehead atoms. The highest BCUT2D eigenvalue weighted by atomic mass is 16.5. The molecular weight excluding hydrogens is 328 g/mol. The Hall–Kier alpha value is -1.06. The van der Waals surface area contributed by atoms with Crippen LogP contribution in [0.1, 0.15) is 84.5 Å². The van der Waals surface area contributed by atoms with Crippen molar-refractivity contribution in [2.75, 3.05) is 6.61 Å². The molecule has 4 aliphatic rings. The third-order valence-corrected chi connectivity index (χ3v) is 6.96. The molecule has 148 valence electrons. The minimum absolute atomic E-state index is 0.116. The lowest BCUT2D eigenvalue weighted by Gasteiger charge is -2.53. The highest BCUT2D eigenvalue weighted by molar-refractivity contribution is 5.77. The largest absolute Gasteiger partial charge is 0.465 e. The first-order chi connectivity index (χ1) is 12.6. The Labute approximate surface area is 158 Å². The van der Waals surface area contributed by atoms with E-state index < -0.39 is 0 Å². The molecule has 0 amide bonds. The molecule has 4 heteroatoms. The first-order valence-electron chi connectivity index (χ1n) is 10.9. The number of hydrogen-bond donors (Lipinski definition) is 0. The van der Waals surface area contributed by atoms with Crippen molar-refractivity contribution in [2.45, 2.75) is 90.6 Å². The van der Waals surface area contributed by atoms with Gasteiger partial charge in [0.2, 0.25) is 0 Å². The van der Waals surface area contributed by atoms with E-state index in [0.29, 0.717) is 24.4 Å². The van der Waals surface area contributed by atoms with E-state index >= 15 is 0 Å². The van der Waals surface area contributed by atoms with Crippen LogP contribution in [0, 0.1) is 29.6 Å². The van der Waals surface area contributed by atoms with E-state index in [1.54, 1.807) is 0 Å². The van der Waals surface area contributed by atoms with E-state index in [1.807, 2.05) is 0 Å². The molecule has 0 saturated heterocycles. The summed E-state index contributed by atoms with van der Waals surface area (Å²) in [6, 6.07) is 0. The van der Waals surface area contributed by atoms with Crippen molar-refractivity contribution in [1.29, 1.82) is 0 Å². The number of carbonyl (C=O) groups is 2. The maximum atomic E-state index is 12.2. The summed E-state index contributed by atoms with van der Waals surface area (Å²) < 4.78 is 11.2.